The van der Waals surface area contributed by atoms with E-state index in [0.717, 1.165) is 18.4 Å². The fourth-order valence-electron chi connectivity index (χ4n) is 4.60. The van der Waals surface area contributed by atoms with Crippen LogP contribution in [-0.4, -0.2) is 65.8 Å². The van der Waals surface area contributed by atoms with E-state index in [9.17, 15) is 13.2 Å². The number of aliphatic imine (C=N–C) groups is 1. The number of rotatable bonds is 5. The zero-order valence-electron chi connectivity index (χ0n) is 17.9. The van der Waals surface area contributed by atoms with Crippen molar-refractivity contribution >= 4 is 27.6 Å². The van der Waals surface area contributed by atoms with Crippen LogP contribution in [0, 0.1) is 0 Å². The molecule has 0 unspecified atom stereocenters. The van der Waals surface area contributed by atoms with Crippen molar-refractivity contribution in [1.82, 2.24) is 19.4 Å². The van der Waals surface area contributed by atoms with E-state index in [1.807, 2.05) is 25.1 Å². The first kappa shape index (κ1) is 19.9. The Hall–Kier alpha value is -2.76. The molecule has 1 aliphatic carbocycles. The van der Waals surface area contributed by atoms with Crippen LogP contribution in [0.15, 0.2) is 40.5 Å². The summed E-state index contributed by atoms with van der Waals surface area (Å²) >= 11 is 0. The molecule has 168 valence electrons. The van der Waals surface area contributed by atoms with Gasteiger partial charge in [-0.1, -0.05) is 0 Å². The number of hydrogen-bond donors (Lipinski definition) is 1. The summed E-state index contributed by atoms with van der Waals surface area (Å²) in [5.74, 6) is 0.318. The van der Waals surface area contributed by atoms with Crippen molar-refractivity contribution in [2.75, 3.05) is 18.1 Å². The second-order valence-electron chi connectivity index (χ2n) is 9.23. The smallest absolute Gasteiger partial charge is 0.263 e. The fraction of sp³-hybridized carbons (Fsp3) is 0.476. The maximum Gasteiger partial charge on any atom is 0.263 e. The van der Waals surface area contributed by atoms with E-state index in [-0.39, 0.29) is 22.9 Å². The van der Waals surface area contributed by atoms with Crippen molar-refractivity contribution in [2.45, 2.75) is 48.8 Å². The van der Waals surface area contributed by atoms with Gasteiger partial charge in [-0.05, 0) is 38.0 Å². The van der Waals surface area contributed by atoms with Gasteiger partial charge in [0.2, 0.25) is 16.0 Å². The van der Waals surface area contributed by atoms with Crippen LogP contribution in [0.5, 0.6) is 0 Å². The summed E-state index contributed by atoms with van der Waals surface area (Å²) in [6, 6.07) is 4.70. The average molecular weight is 457 g/mol. The number of carbonyl (C=O) groups excluding carboxylic acids is 1. The predicted octanol–water partition coefficient (Wildman–Crippen LogP) is 0.850. The molecule has 0 bridgehead atoms. The molecule has 0 spiro atoms. The van der Waals surface area contributed by atoms with Crippen LogP contribution in [0.4, 0.5) is 5.69 Å². The van der Waals surface area contributed by atoms with Crippen LogP contribution >= 0.6 is 0 Å². The van der Waals surface area contributed by atoms with E-state index in [2.05, 4.69) is 9.82 Å². The second-order valence-corrected chi connectivity index (χ2v) is 10.9. The molecule has 1 amide bonds. The first-order valence-corrected chi connectivity index (χ1v) is 12.1. The van der Waals surface area contributed by atoms with Gasteiger partial charge < -0.3 is 9.64 Å². The topological polar surface area (TPSA) is 109 Å². The molecule has 1 saturated carbocycles. The minimum Gasteiger partial charge on any atom is -0.377 e. The molecule has 0 radical (unpaired) electrons. The van der Waals surface area contributed by atoms with Crippen molar-refractivity contribution in [3.05, 3.63) is 41.7 Å². The Morgan fingerprint density at radius 3 is 2.81 bits per heavy atom. The number of guanidine groups is 1. The number of aromatic nitrogens is 2. The molecule has 11 heteroatoms. The van der Waals surface area contributed by atoms with Gasteiger partial charge in [0.05, 0.1) is 48.1 Å². The van der Waals surface area contributed by atoms with Gasteiger partial charge in [-0.3, -0.25) is 14.4 Å². The van der Waals surface area contributed by atoms with Gasteiger partial charge in [-0.2, -0.15) is 5.10 Å². The highest BCUT2D eigenvalue weighted by molar-refractivity contribution is 7.89. The number of sulfonamides is 1. The Morgan fingerprint density at radius 1 is 1.28 bits per heavy atom. The maximum atomic E-state index is 13.6. The van der Waals surface area contributed by atoms with Crippen molar-refractivity contribution in [1.29, 1.82) is 0 Å². The third kappa shape index (κ3) is 3.06. The largest absolute Gasteiger partial charge is 0.377 e. The Labute approximate surface area is 185 Å². The normalized spacial score (nSPS) is 25.4. The Morgan fingerprint density at radius 2 is 2.09 bits per heavy atom. The molecule has 1 aromatic carbocycles. The summed E-state index contributed by atoms with van der Waals surface area (Å²) in [7, 11) is -1.91. The summed E-state index contributed by atoms with van der Waals surface area (Å²) in [4.78, 5) is 22.1. The molecule has 2 fully saturated rings. The number of nitrogens with one attached hydrogen (secondary N) is 1. The molecule has 10 nitrogen and oxygen atoms in total. The van der Waals surface area contributed by atoms with E-state index in [1.54, 1.807) is 27.9 Å². The average Bonchev–Trinajstić information content (AvgIpc) is 3.10. The van der Waals surface area contributed by atoms with Crippen molar-refractivity contribution in [3.8, 4) is 0 Å². The lowest BCUT2D eigenvalue weighted by molar-refractivity contribution is 0.0831. The standard InChI is InChI=1S/C21H24N6O4S/c1-21(5-6-21)24-32(29,30)14-3-4-17-15(7-14)19(28)26(10-13-8-22-25(2)9-13)20-23-16-11-31-12-18(16)27(17)20/h3-4,7-9,16,18,24H,5-6,10-12H2,1-2H3/t16-,18+/m0/s1. The number of benzene rings is 1. The number of hydrogen-bond acceptors (Lipinski definition) is 7. The highest BCUT2D eigenvalue weighted by Gasteiger charge is 2.49. The van der Waals surface area contributed by atoms with Gasteiger partial charge in [-0.25, -0.2) is 18.1 Å². The number of fused-ring (bicyclic) bond motifs is 5. The molecule has 6 rings (SSSR count). The SMILES string of the molecule is Cn1cc(CN2C(=O)c3cc(S(=O)(=O)NC4(C)CC4)ccc3N3C2=N[C@H]2COC[C@H]23)cn1. The van der Waals surface area contributed by atoms with Crippen LogP contribution in [0.25, 0.3) is 0 Å². The molecule has 4 heterocycles. The van der Waals surface area contributed by atoms with E-state index in [1.165, 1.54) is 6.07 Å². The third-order valence-corrected chi connectivity index (χ3v) is 8.22. The van der Waals surface area contributed by atoms with Gasteiger partial charge in [0.1, 0.15) is 6.04 Å². The number of aryl methyl sites for hydroxylation is 1. The second kappa shape index (κ2) is 6.63. The minimum absolute atomic E-state index is 0.0146. The summed E-state index contributed by atoms with van der Waals surface area (Å²) in [6.45, 7) is 3.20. The molecule has 1 saturated heterocycles. The van der Waals surface area contributed by atoms with E-state index >= 15 is 0 Å². The summed E-state index contributed by atoms with van der Waals surface area (Å²) in [5, 5.41) is 4.20. The summed E-state index contributed by atoms with van der Waals surface area (Å²) in [5.41, 5.74) is 1.50. The Kier molecular flexibility index (Phi) is 4.12. The van der Waals surface area contributed by atoms with Crippen molar-refractivity contribution in [2.24, 2.45) is 12.0 Å². The van der Waals surface area contributed by atoms with Gasteiger partial charge in [-0.15, -0.1) is 0 Å². The van der Waals surface area contributed by atoms with Crippen LogP contribution < -0.4 is 9.62 Å². The molecule has 1 N–H and O–H groups in total. The first-order valence-electron chi connectivity index (χ1n) is 10.7. The zero-order chi connectivity index (χ0) is 22.3. The lowest BCUT2D eigenvalue weighted by Crippen LogP contribution is -2.53. The molecule has 3 aliphatic heterocycles. The number of anilines is 1. The highest BCUT2D eigenvalue weighted by Crippen LogP contribution is 2.40. The van der Waals surface area contributed by atoms with Gasteiger partial charge in [0.15, 0.2) is 0 Å². The number of amides is 1. The molecule has 2 atom stereocenters. The number of ether oxygens (including phenoxy) is 1. The monoisotopic (exact) mass is 456 g/mol. The molecular formula is C21H24N6O4S. The van der Waals surface area contributed by atoms with E-state index in [0.29, 0.717) is 37.0 Å². The molecule has 2 aromatic rings. The van der Waals surface area contributed by atoms with E-state index < -0.39 is 15.6 Å². The Bertz CT molecular complexity index is 1260. The van der Waals surface area contributed by atoms with Crippen molar-refractivity contribution in [3.63, 3.8) is 0 Å². The molecule has 32 heavy (non-hydrogen) atoms. The number of nitrogens with zero attached hydrogens (tertiary/aromatic N) is 5. The van der Waals surface area contributed by atoms with Crippen molar-refractivity contribution < 1.29 is 17.9 Å². The number of carbonyl (C=O) groups is 1. The van der Waals surface area contributed by atoms with Crippen LogP contribution in [0.3, 0.4) is 0 Å². The minimum atomic E-state index is -3.73. The van der Waals surface area contributed by atoms with Crippen LogP contribution in [0.2, 0.25) is 0 Å². The molecule has 4 aliphatic rings. The first-order chi connectivity index (χ1) is 15.2. The van der Waals surface area contributed by atoms with Crippen LogP contribution in [0.1, 0.15) is 35.7 Å². The lowest BCUT2D eigenvalue weighted by atomic mass is 10.0. The quantitative estimate of drug-likeness (QED) is 0.715. The fourth-order valence-corrected chi connectivity index (χ4v) is 6.09. The summed E-state index contributed by atoms with van der Waals surface area (Å²) < 4.78 is 36.0. The third-order valence-electron chi connectivity index (χ3n) is 6.58. The van der Waals surface area contributed by atoms with E-state index in [4.69, 9.17) is 9.73 Å². The Balaban J connectivity index is 1.43. The highest BCUT2D eigenvalue weighted by atomic mass is 32.2. The lowest BCUT2D eigenvalue weighted by Gasteiger charge is -2.38. The summed E-state index contributed by atoms with van der Waals surface area (Å²) in [6.07, 6.45) is 5.19. The zero-order valence-corrected chi connectivity index (χ0v) is 18.7. The van der Waals surface area contributed by atoms with Gasteiger partial charge in [0, 0.05) is 24.3 Å². The van der Waals surface area contributed by atoms with Gasteiger partial charge in [0.25, 0.3) is 5.91 Å². The predicted molar refractivity (Wildman–Crippen MR) is 116 cm³/mol. The van der Waals surface area contributed by atoms with Crippen LogP contribution in [-0.2, 0) is 28.4 Å². The molecule has 1 aromatic heterocycles. The molecular weight excluding hydrogens is 432 g/mol. The van der Waals surface area contributed by atoms with Gasteiger partial charge >= 0.3 is 0 Å². The maximum absolute atomic E-state index is 13.6.